The maximum Gasteiger partial charge on any atom is 0.244 e. The molecule has 2 aromatic carbocycles. The minimum absolute atomic E-state index is 0.00784. The van der Waals surface area contributed by atoms with Gasteiger partial charge in [0.15, 0.2) is 0 Å². The van der Waals surface area contributed by atoms with Crippen molar-refractivity contribution in [3.63, 3.8) is 0 Å². The van der Waals surface area contributed by atoms with Gasteiger partial charge in [0.05, 0.1) is 11.9 Å². The summed E-state index contributed by atoms with van der Waals surface area (Å²) in [5.41, 5.74) is 2.68. The van der Waals surface area contributed by atoms with E-state index in [1.54, 1.807) is 44.2 Å². The molecule has 2 amide bonds. The van der Waals surface area contributed by atoms with Crippen LogP contribution < -0.4 is 9.62 Å². The van der Waals surface area contributed by atoms with Crippen molar-refractivity contribution in [2.75, 3.05) is 24.2 Å². The van der Waals surface area contributed by atoms with E-state index in [9.17, 15) is 18.0 Å². The summed E-state index contributed by atoms with van der Waals surface area (Å²) in [7, 11) is -2.31. The van der Waals surface area contributed by atoms with E-state index in [1.165, 1.54) is 11.9 Å². The Balaban J connectivity index is 2.45. The van der Waals surface area contributed by atoms with Crippen LogP contribution in [0.5, 0.6) is 0 Å². The number of rotatable bonds is 8. The Morgan fingerprint density at radius 3 is 2.28 bits per heavy atom. The summed E-state index contributed by atoms with van der Waals surface area (Å²) >= 11 is 12.2. The summed E-state index contributed by atoms with van der Waals surface area (Å²) in [6, 6.07) is 9.28. The molecule has 0 fully saturated rings. The number of carbonyl (C=O) groups is 2. The average Bonchev–Trinajstić information content (AvgIpc) is 2.70. The second kappa shape index (κ2) is 10.6. The lowest BCUT2D eigenvalue weighted by atomic mass is 10.1. The van der Waals surface area contributed by atoms with Gasteiger partial charge in [0.25, 0.3) is 0 Å². The minimum atomic E-state index is -3.78. The highest BCUT2D eigenvalue weighted by atomic mass is 35.5. The molecule has 0 aliphatic rings. The first-order chi connectivity index (χ1) is 14.8. The fraction of sp³-hybridized carbons (Fsp3) is 0.364. The van der Waals surface area contributed by atoms with E-state index in [0.717, 1.165) is 21.7 Å². The predicted octanol–water partition coefficient (Wildman–Crippen LogP) is 3.54. The van der Waals surface area contributed by atoms with Crippen LogP contribution >= 0.6 is 23.2 Å². The highest BCUT2D eigenvalue weighted by Crippen LogP contribution is 2.26. The van der Waals surface area contributed by atoms with Crippen molar-refractivity contribution in [1.82, 2.24) is 10.2 Å². The third kappa shape index (κ3) is 6.37. The summed E-state index contributed by atoms with van der Waals surface area (Å²) in [5, 5.41) is 3.30. The van der Waals surface area contributed by atoms with E-state index in [4.69, 9.17) is 23.2 Å². The lowest BCUT2D eigenvalue weighted by Gasteiger charge is -2.32. The van der Waals surface area contributed by atoms with Crippen LogP contribution in [0.2, 0.25) is 10.0 Å². The van der Waals surface area contributed by atoms with E-state index >= 15 is 0 Å². The van der Waals surface area contributed by atoms with Crippen molar-refractivity contribution in [2.45, 2.75) is 33.4 Å². The largest absolute Gasteiger partial charge is 0.357 e. The molecular formula is C22H27Cl2N3O4S. The molecule has 0 bridgehead atoms. The molecule has 2 rings (SSSR count). The lowest BCUT2D eigenvalue weighted by Crippen LogP contribution is -2.50. The van der Waals surface area contributed by atoms with Gasteiger partial charge in [0.2, 0.25) is 21.8 Å². The van der Waals surface area contributed by atoms with E-state index in [-0.39, 0.29) is 12.5 Å². The Hall–Kier alpha value is -2.29. The number of hydrogen-bond donors (Lipinski definition) is 1. The molecular weight excluding hydrogens is 473 g/mol. The smallest absolute Gasteiger partial charge is 0.244 e. The maximum atomic E-state index is 13.4. The fourth-order valence-electron chi connectivity index (χ4n) is 3.30. The van der Waals surface area contributed by atoms with Crippen LogP contribution in [-0.2, 0) is 26.2 Å². The normalized spacial score (nSPS) is 12.2. The molecule has 0 radical (unpaired) electrons. The van der Waals surface area contributed by atoms with Gasteiger partial charge in [-0.3, -0.25) is 13.9 Å². The van der Waals surface area contributed by atoms with Crippen molar-refractivity contribution >= 4 is 50.7 Å². The molecule has 0 heterocycles. The molecule has 32 heavy (non-hydrogen) atoms. The molecule has 1 atom stereocenters. The van der Waals surface area contributed by atoms with Gasteiger partial charge in [0, 0.05) is 23.6 Å². The zero-order chi connectivity index (χ0) is 24.2. The Labute approximate surface area is 199 Å². The number of aryl methyl sites for hydroxylation is 2. The summed E-state index contributed by atoms with van der Waals surface area (Å²) in [5.74, 6) is -0.932. The third-order valence-electron chi connectivity index (χ3n) is 5.07. The first kappa shape index (κ1) is 26.0. The highest BCUT2D eigenvalue weighted by molar-refractivity contribution is 7.92. The second-order valence-electron chi connectivity index (χ2n) is 7.61. The predicted molar refractivity (Wildman–Crippen MR) is 129 cm³/mol. The zero-order valence-corrected chi connectivity index (χ0v) is 21.0. The number of nitrogens with one attached hydrogen (secondary N) is 1. The van der Waals surface area contributed by atoms with Crippen LogP contribution in [0, 0.1) is 13.8 Å². The number of halogens is 2. The van der Waals surface area contributed by atoms with E-state index in [0.29, 0.717) is 21.3 Å². The Morgan fingerprint density at radius 1 is 1.09 bits per heavy atom. The molecule has 0 aromatic heterocycles. The molecule has 2 aromatic rings. The molecule has 7 nitrogen and oxygen atoms in total. The minimum Gasteiger partial charge on any atom is -0.357 e. The zero-order valence-electron chi connectivity index (χ0n) is 18.6. The molecule has 1 N–H and O–H groups in total. The number of benzene rings is 2. The number of nitrogens with zero attached hydrogens (tertiary/aromatic N) is 2. The van der Waals surface area contributed by atoms with Crippen molar-refractivity contribution in [3.05, 3.63) is 63.1 Å². The van der Waals surface area contributed by atoms with Crippen LogP contribution in [0.1, 0.15) is 23.6 Å². The SMILES string of the molecule is CNC(=O)[C@H](C)N(Cc1ccc(Cl)cc1Cl)C(=O)CN(c1ccc(C)cc1C)S(C)(=O)=O. The topological polar surface area (TPSA) is 86.8 Å². The molecule has 10 heteroatoms. The van der Waals surface area contributed by atoms with Crippen LogP contribution in [0.3, 0.4) is 0 Å². The number of sulfonamides is 1. The molecule has 0 spiro atoms. The first-order valence-corrected chi connectivity index (χ1v) is 12.5. The summed E-state index contributed by atoms with van der Waals surface area (Å²) in [6.07, 6.45) is 1.04. The molecule has 0 saturated carbocycles. The van der Waals surface area contributed by atoms with Crippen molar-refractivity contribution < 1.29 is 18.0 Å². The van der Waals surface area contributed by atoms with Crippen molar-refractivity contribution in [1.29, 1.82) is 0 Å². The van der Waals surface area contributed by atoms with Gasteiger partial charge in [-0.25, -0.2) is 8.42 Å². The van der Waals surface area contributed by atoms with Crippen LogP contribution in [0.15, 0.2) is 36.4 Å². The first-order valence-electron chi connectivity index (χ1n) is 9.85. The van der Waals surface area contributed by atoms with Gasteiger partial charge >= 0.3 is 0 Å². The van der Waals surface area contributed by atoms with E-state index in [1.807, 2.05) is 13.0 Å². The molecule has 174 valence electrons. The Morgan fingerprint density at radius 2 is 1.75 bits per heavy atom. The standard InChI is InChI=1S/C22H27Cl2N3O4S/c1-14-6-9-20(15(2)10-14)27(32(5,30)31)13-21(28)26(16(3)22(29)25-4)12-17-7-8-18(23)11-19(17)24/h6-11,16H,12-13H2,1-5H3,(H,25,29)/t16-/m0/s1. The number of anilines is 1. The quantitative estimate of drug-likeness (QED) is 0.601. The number of carbonyl (C=O) groups excluding carboxylic acids is 2. The van der Waals surface area contributed by atoms with E-state index < -0.39 is 28.5 Å². The third-order valence-corrected chi connectivity index (χ3v) is 6.78. The second-order valence-corrected chi connectivity index (χ2v) is 10.4. The summed E-state index contributed by atoms with van der Waals surface area (Å²) in [4.78, 5) is 27.0. The Kier molecular flexibility index (Phi) is 8.56. The van der Waals surface area contributed by atoms with Gasteiger partial charge in [-0.1, -0.05) is 47.0 Å². The summed E-state index contributed by atoms with van der Waals surface area (Å²) in [6.45, 7) is 4.80. The van der Waals surface area contributed by atoms with Gasteiger partial charge in [-0.05, 0) is 50.1 Å². The van der Waals surface area contributed by atoms with E-state index in [2.05, 4.69) is 5.32 Å². The number of amides is 2. The molecule has 0 saturated heterocycles. The molecule has 0 aliphatic heterocycles. The van der Waals surface area contributed by atoms with Crippen LogP contribution in [0.4, 0.5) is 5.69 Å². The van der Waals surface area contributed by atoms with Gasteiger partial charge < -0.3 is 10.2 Å². The lowest BCUT2D eigenvalue weighted by molar-refractivity contribution is -0.139. The van der Waals surface area contributed by atoms with Gasteiger partial charge in [-0.2, -0.15) is 0 Å². The monoisotopic (exact) mass is 499 g/mol. The van der Waals surface area contributed by atoms with Crippen LogP contribution in [-0.4, -0.2) is 51.0 Å². The number of hydrogen-bond acceptors (Lipinski definition) is 4. The highest BCUT2D eigenvalue weighted by Gasteiger charge is 2.30. The fourth-order valence-corrected chi connectivity index (χ4v) is 4.68. The van der Waals surface area contributed by atoms with Crippen molar-refractivity contribution in [3.8, 4) is 0 Å². The van der Waals surface area contributed by atoms with Crippen LogP contribution in [0.25, 0.3) is 0 Å². The van der Waals surface area contributed by atoms with Crippen molar-refractivity contribution in [2.24, 2.45) is 0 Å². The number of likely N-dealkylation sites (N-methyl/N-ethyl adjacent to an activating group) is 1. The summed E-state index contributed by atoms with van der Waals surface area (Å²) < 4.78 is 26.2. The molecule has 0 unspecified atom stereocenters. The van der Waals surface area contributed by atoms with Gasteiger partial charge in [0.1, 0.15) is 12.6 Å². The van der Waals surface area contributed by atoms with Gasteiger partial charge in [-0.15, -0.1) is 0 Å². The Bertz CT molecular complexity index is 1120. The molecule has 0 aliphatic carbocycles. The maximum absolute atomic E-state index is 13.4. The average molecular weight is 500 g/mol.